The number of rotatable bonds is 3. The van der Waals surface area contributed by atoms with Crippen LogP contribution < -0.4 is 0 Å². The van der Waals surface area contributed by atoms with Crippen LogP contribution in [-0.4, -0.2) is 0 Å². The van der Waals surface area contributed by atoms with Crippen LogP contribution in [0.25, 0.3) is 0 Å². The average Bonchev–Trinajstić information content (AvgIpc) is 2.73. The lowest BCUT2D eigenvalue weighted by Crippen LogP contribution is -1.91. The lowest BCUT2D eigenvalue weighted by molar-refractivity contribution is 0.495. The Bertz CT molecular complexity index is 84.2. The van der Waals surface area contributed by atoms with E-state index in [1.807, 2.05) is 27.7 Å². The molecule has 0 saturated heterocycles. The van der Waals surface area contributed by atoms with Crippen molar-refractivity contribution < 1.29 is 0 Å². The summed E-state index contributed by atoms with van der Waals surface area (Å²) in [6, 6.07) is 0. The van der Waals surface area contributed by atoms with Crippen molar-refractivity contribution in [3.05, 3.63) is 12.2 Å². The predicted molar refractivity (Wildman–Crippen MR) is 64.1 cm³/mol. The van der Waals surface area contributed by atoms with E-state index in [4.69, 9.17) is 0 Å². The van der Waals surface area contributed by atoms with Crippen molar-refractivity contribution in [2.45, 2.75) is 66.7 Å². The molecule has 0 aromatic heterocycles. The first kappa shape index (κ1) is 15.2. The van der Waals surface area contributed by atoms with Crippen LogP contribution in [0.5, 0.6) is 0 Å². The largest absolute Gasteiger partial charge is 0.0882 e. The topological polar surface area (TPSA) is 0 Å². The first-order chi connectivity index (χ1) is 6.43. The molecule has 13 heavy (non-hydrogen) atoms. The molecule has 0 spiro atoms. The van der Waals surface area contributed by atoms with Gasteiger partial charge in [-0.25, -0.2) is 0 Å². The zero-order valence-corrected chi connectivity index (χ0v) is 10.3. The minimum Gasteiger partial charge on any atom is -0.0882 e. The first-order valence-corrected chi connectivity index (χ1v) is 6.08. The summed E-state index contributed by atoms with van der Waals surface area (Å²) in [6.45, 7) is 10.3. The van der Waals surface area contributed by atoms with Crippen molar-refractivity contribution >= 4 is 0 Å². The number of hydrogen-bond acceptors (Lipinski definition) is 0. The Kier molecular flexibility index (Phi) is 16.7. The molecule has 1 rings (SSSR count). The van der Waals surface area contributed by atoms with Gasteiger partial charge in [-0.2, -0.15) is 0 Å². The summed E-state index contributed by atoms with van der Waals surface area (Å²) < 4.78 is 0. The molecule has 0 saturated carbocycles. The minimum absolute atomic E-state index is 1.00. The molecule has 0 N–H and O–H groups in total. The van der Waals surface area contributed by atoms with Crippen LogP contribution in [0.15, 0.2) is 12.2 Å². The van der Waals surface area contributed by atoms with Crippen molar-refractivity contribution in [3.63, 3.8) is 0 Å². The Labute approximate surface area is 85.4 Å². The lowest BCUT2D eigenvalue weighted by Gasteiger charge is -2.05. The van der Waals surface area contributed by atoms with Gasteiger partial charge < -0.3 is 0 Å². The lowest BCUT2D eigenvalue weighted by atomic mass is 10.0. The van der Waals surface area contributed by atoms with Crippen molar-refractivity contribution in [3.8, 4) is 0 Å². The fraction of sp³-hybridized carbons (Fsp3) is 0.846. The van der Waals surface area contributed by atoms with E-state index in [1.165, 1.54) is 32.1 Å². The van der Waals surface area contributed by atoms with Crippen LogP contribution in [0.1, 0.15) is 66.7 Å². The van der Waals surface area contributed by atoms with E-state index >= 15 is 0 Å². The quantitative estimate of drug-likeness (QED) is 0.529. The molecule has 0 aliphatic heterocycles. The summed E-state index contributed by atoms with van der Waals surface area (Å²) in [5, 5.41) is 0. The fourth-order valence-corrected chi connectivity index (χ4v) is 1.40. The van der Waals surface area contributed by atoms with Gasteiger partial charge in [-0.05, 0) is 25.2 Å². The van der Waals surface area contributed by atoms with Crippen LogP contribution >= 0.6 is 0 Å². The molecule has 0 nitrogen and oxygen atoms in total. The van der Waals surface area contributed by atoms with Gasteiger partial charge >= 0.3 is 0 Å². The van der Waals surface area contributed by atoms with Crippen molar-refractivity contribution in [2.75, 3.05) is 0 Å². The zero-order valence-electron chi connectivity index (χ0n) is 10.3. The summed E-state index contributed by atoms with van der Waals surface area (Å²) in [7, 11) is 0. The van der Waals surface area contributed by atoms with Crippen molar-refractivity contribution in [2.24, 2.45) is 5.92 Å². The Morgan fingerprint density at radius 1 is 1.00 bits per heavy atom. The van der Waals surface area contributed by atoms with E-state index in [0.717, 1.165) is 5.92 Å². The molecule has 0 bridgehead atoms. The Morgan fingerprint density at radius 2 is 1.46 bits per heavy atom. The van der Waals surface area contributed by atoms with Gasteiger partial charge in [0, 0.05) is 0 Å². The second-order valence-electron chi connectivity index (χ2n) is 2.95. The molecule has 80 valence electrons. The van der Waals surface area contributed by atoms with Crippen LogP contribution in [0, 0.1) is 5.92 Å². The van der Waals surface area contributed by atoms with Gasteiger partial charge in [-0.1, -0.05) is 59.6 Å². The van der Waals surface area contributed by atoms with Gasteiger partial charge in [-0.15, -0.1) is 0 Å². The second-order valence-corrected chi connectivity index (χ2v) is 2.95. The molecular weight excluding hydrogens is 156 g/mol. The van der Waals surface area contributed by atoms with E-state index in [0.29, 0.717) is 0 Å². The van der Waals surface area contributed by atoms with Crippen LogP contribution in [0.3, 0.4) is 0 Å². The third kappa shape index (κ3) is 9.66. The Morgan fingerprint density at radius 3 is 1.85 bits per heavy atom. The van der Waals surface area contributed by atoms with E-state index in [9.17, 15) is 0 Å². The zero-order chi connectivity index (χ0) is 10.5. The third-order valence-corrected chi connectivity index (χ3v) is 2.07. The maximum atomic E-state index is 2.32. The van der Waals surface area contributed by atoms with E-state index in [2.05, 4.69) is 19.1 Å². The summed E-state index contributed by atoms with van der Waals surface area (Å²) in [5.41, 5.74) is 0. The van der Waals surface area contributed by atoms with Gasteiger partial charge in [0.15, 0.2) is 0 Å². The van der Waals surface area contributed by atoms with Crippen LogP contribution in [0.2, 0.25) is 0 Å². The van der Waals surface area contributed by atoms with Gasteiger partial charge in [-0.3, -0.25) is 0 Å². The second kappa shape index (κ2) is 14.3. The molecule has 0 fully saturated rings. The van der Waals surface area contributed by atoms with E-state index < -0.39 is 0 Å². The molecule has 0 amide bonds. The first-order valence-electron chi connectivity index (χ1n) is 6.08. The highest BCUT2D eigenvalue weighted by atomic mass is 14.1. The van der Waals surface area contributed by atoms with Crippen LogP contribution in [0.4, 0.5) is 0 Å². The number of hydrogen-bond donors (Lipinski definition) is 0. The summed E-state index contributed by atoms with van der Waals surface area (Å²) in [6.07, 6.45) is 11.6. The fourth-order valence-electron chi connectivity index (χ4n) is 1.40. The highest BCUT2D eigenvalue weighted by Crippen LogP contribution is 2.22. The molecule has 0 radical (unpaired) electrons. The van der Waals surface area contributed by atoms with Crippen LogP contribution in [-0.2, 0) is 0 Å². The summed E-state index contributed by atoms with van der Waals surface area (Å²) in [4.78, 5) is 0. The predicted octanol–water partition coefficient (Wildman–Crippen LogP) is 5.20. The summed E-state index contributed by atoms with van der Waals surface area (Å²) in [5.74, 6) is 1.00. The van der Waals surface area contributed by atoms with Gasteiger partial charge in [0.1, 0.15) is 0 Å². The molecule has 0 aromatic carbocycles. The minimum atomic E-state index is 1.00. The Balaban J connectivity index is 0. The molecule has 1 aliphatic carbocycles. The molecule has 1 aliphatic rings. The average molecular weight is 184 g/mol. The standard InChI is InChI=1S/C9H16.2C2H6/c1-2-3-6-9-7-4-5-8-9;2*1-2/h4-5,9H,2-3,6-8H2,1H3;2*1-2H3. The number of unbranched alkanes of at least 4 members (excludes halogenated alkanes) is 1. The molecule has 0 unspecified atom stereocenters. The molecular formula is C13H28. The molecule has 0 aromatic rings. The van der Waals surface area contributed by atoms with Crippen molar-refractivity contribution in [1.82, 2.24) is 0 Å². The maximum Gasteiger partial charge on any atom is -0.0319 e. The molecule has 0 atom stereocenters. The molecule has 0 heterocycles. The summed E-state index contributed by atoms with van der Waals surface area (Å²) >= 11 is 0. The monoisotopic (exact) mass is 184 g/mol. The SMILES string of the molecule is CC.CC.CCCCC1CC=CC1. The smallest absolute Gasteiger partial charge is 0.0319 e. The van der Waals surface area contributed by atoms with Crippen molar-refractivity contribution in [1.29, 1.82) is 0 Å². The van der Waals surface area contributed by atoms with E-state index in [1.54, 1.807) is 0 Å². The van der Waals surface area contributed by atoms with Gasteiger partial charge in [0.2, 0.25) is 0 Å². The third-order valence-electron chi connectivity index (χ3n) is 2.07. The Hall–Kier alpha value is -0.260. The highest BCUT2D eigenvalue weighted by molar-refractivity contribution is 4.93. The highest BCUT2D eigenvalue weighted by Gasteiger charge is 2.07. The van der Waals surface area contributed by atoms with Gasteiger partial charge in [0.25, 0.3) is 0 Å². The van der Waals surface area contributed by atoms with Gasteiger partial charge in [0.05, 0.1) is 0 Å². The van der Waals surface area contributed by atoms with E-state index in [-0.39, 0.29) is 0 Å². The normalized spacial score (nSPS) is 14.2. The number of allylic oxidation sites excluding steroid dienone is 2. The molecule has 0 heteroatoms. The maximum absolute atomic E-state index is 2.32.